The Morgan fingerprint density at radius 1 is 1.21 bits per heavy atom. The summed E-state index contributed by atoms with van der Waals surface area (Å²) in [6.07, 6.45) is 1.94. The second kappa shape index (κ2) is 9.31. The van der Waals surface area contributed by atoms with Gasteiger partial charge in [0.25, 0.3) is 0 Å². The van der Waals surface area contributed by atoms with Crippen LogP contribution < -0.4 is 4.90 Å². The molecule has 2 aromatic rings. The Labute approximate surface area is 203 Å². The average Bonchev–Trinajstić information content (AvgIpc) is 2.77. The second-order valence-corrected chi connectivity index (χ2v) is 10.6. The molecule has 0 spiro atoms. The Hall–Kier alpha value is -2.64. The van der Waals surface area contributed by atoms with E-state index in [2.05, 4.69) is 22.1 Å². The van der Waals surface area contributed by atoms with E-state index in [-0.39, 0.29) is 11.1 Å². The third kappa shape index (κ3) is 4.70. The number of halogens is 1. The van der Waals surface area contributed by atoms with Gasteiger partial charge in [0, 0.05) is 36.3 Å². The fourth-order valence-electron chi connectivity index (χ4n) is 4.22. The molecule has 4 rings (SSSR count). The average molecular weight is 483 g/mol. The van der Waals surface area contributed by atoms with Gasteiger partial charge in [-0.05, 0) is 92.9 Å². The van der Waals surface area contributed by atoms with Crippen LogP contribution in [0, 0.1) is 0 Å². The molecule has 0 aliphatic carbocycles. The minimum atomic E-state index is -0.538. The molecule has 0 bridgehead atoms. The lowest BCUT2D eigenvalue weighted by molar-refractivity contribution is -0.125. The van der Waals surface area contributed by atoms with Crippen molar-refractivity contribution in [2.45, 2.75) is 45.3 Å². The number of carbonyl (C=O) groups excluding carboxylic acids is 2. The van der Waals surface area contributed by atoms with Crippen molar-refractivity contribution in [1.29, 1.82) is 0 Å². The number of carbonyl (C=O) groups is 2. The number of amides is 2. The van der Waals surface area contributed by atoms with Crippen LogP contribution in [0.4, 0.5) is 10.5 Å². The lowest BCUT2D eigenvalue weighted by atomic mass is 9.93. The summed E-state index contributed by atoms with van der Waals surface area (Å²) >= 11 is 7.23. The molecule has 0 unspecified atom stereocenters. The zero-order valence-electron chi connectivity index (χ0n) is 19.3. The topological polar surface area (TPSA) is 65.3 Å². The summed E-state index contributed by atoms with van der Waals surface area (Å²) in [5, 5.41) is 5.77. The molecule has 2 heterocycles. The summed E-state index contributed by atoms with van der Waals surface area (Å²) in [4.78, 5) is 31.3. The molecular weight excluding hydrogens is 456 g/mol. The quantitative estimate of drug-likeness (QED) is 0.412. The molecule has 0 radical (unpaired) electrons. The van der Waals surface area contributed by atoms with E-state index in [0.717, 1.165) is 64.5 Å². The predicted octanol–water partition coefficient (Wildman–Crippen LogP) is 5.76. The number of benzene rings is 2. The van der Waals surface area contributed by atoms with Crippen molar-refractivity contribution in [2.75, 3.05) is 18.0 Å². The second-order valence-electron chi connectivity index (χ2n) is 8.56. The lowest BCUT2D eigenvalue weighted by Crippen LogP contribution is -2.43. The van der Waals surface area contributed by atoms with Gasteiger partial charge in [0.15, 0.2) is 0 Å². The number of thioether (sulfide) groups is 1. The highest BCUT2D eigenvalue weighted by atomic mass is 35.5. The van der Waals surface area contributed by atoms with E-state index in [1.54, 1.807) is 0 Å². The van der Waals surface area contributed by atoms with Gasteiger partial charge in [0.1, 0.15) is 5.84 Å². The van der Waals surface area contributed by atoms with Crippen LogP contribution in [0.15, 0.2) is 52.6 Å². The van der Waals surface area contributed by atoms with E-state index >= 15 is 0 Å². The number of aryl methyl sites for hydroxylation is 1. The first kappa shape index (κ1) is 23.5. The van der Waals surface area contributed by atoms with Gasteiger partial charge in [-0.1, -0.05) is 17.7 Å². The van der Waals surface area contributed by atoms with E-state index < -0.39 is 4.75 Å². The lowest BCUT2D eigenvalue weighted by Gasteiger charge is -2.35. The summed E-state index contributed by atoms with van der Waals surface area (Å²) in [7, 11) is 0. The van der Waals surface area contributed by atoms with Crippen LogP contribution in [0.5, 0.6) is 0 Å². The van der Waals surface area contributed by atoms with Crippen molar-refractivity contribution < 1.29 is 9.59 Å². The molecule has 2 amide bonds. The number of hydrazone groups is 1. The Kier molecular flexibility index (Phi) is 6.64. The third-order valence-electron chi connectivity index (χ3n) is 5.72. The smallest absolute Gasteiger partial charge is 0.309 e. The summed E-state index contributed by atoms with van der Waals surface area (Å²) in [5.74, 6) is 0.551. The number of nitrogens with zero attached hydrogens (tertiary/aromatic N) is 4. The zero-order valence-corrected chi connectivity index (χ0v) is 20.8. The van der Waals surface area contributed by atoms with Crippen LogP contribution in [-0.4, -0.2) is 45.5 Å². The summed E-state index contributed by atoms with van der Waals surface area (Å²) in [6.45, 7) is 8.87. The minimum absolute atomic E-state index is 0.344. The molecule has 172 valence electrons. The molecule has 0 saturated heterocycles. The van der Waals surface area contributed by atoms with Crippen molar-refractivity contribution in [3.8, 4) is 0 Å². The molecule has 2 aliphatic heterocycles. The van der Waals surface area contributed by atoms with E-state index in [4.69, 9.17) is 16.6 Å². The number of amidine groups is 1. The molecule has 0 aromatic heterocycles. The largest absolute Gasteiger partial charge is 0.326 e. The highest BCUT2D eigenvalue weighted by Gasteiger charge is 2.39. The fraction of sp³-hybridized carbons (Fsp3) is 0.360. The van der Waals surface area contributed by atoms with Crippen molar-refractivity contribution in [3.63, 3.8) is 0 Å². The Morgan fingerprint density at radius 2 is 1.94 bits per heavy atom. The number of anilines is 1. The molecule has 2 aliphatic rings. The number of hydrogen-bond donors (Lipinski definition) is 0. The maximum absolute atomic E-state index is 12.3. The van der Waals surface area contributed by atoms with Crippen LogP contribution in [0.1, 0.15) is 50.8 Å². The number of fused-ring (bicyclic) bond motifs is 1. The standard InChI is InChI=1S/C25H27ClN4O2S/c1-5-27-23(17-8-11-20(26)12-9-17)29-14-6-7-18-15-19(10-13-21(18)29)22-25(3,4)33-24(32)30(28-22)16(2)31/h8-13,15H,5-7,14H2,1-4H3/b27-23-. The van der Waals surface area contributed by atoms with Crippen molar-refractivity contribution in [2.24, 2.45) is 10.1 Å². The molecular formula is C25H27ClN4O2S. The van der Waals surface area contributed by atoms with Gasteiger partial charge in [-0.3, -0.25) is 14.6 Å². The van der Waals surface area contributed by atoms with Gasteiger partial charge >= 0.3 is 5.24 Å². The summed E-state index contributed by atoms with van der Waals surface area (Å²) in [5.41, 5.74) is 5.00. The van der Waals surface area contributed by atoms with Crippen LogP contribution in [-0.2, 0) is 11.2 Å². The molecule has 0 atom stereocenters. The summed E-state index contributed by atoms with van der Waals surface area (Å²) in [6, 6.07) is 14.0. The first-order valence-electron chi connectivity index (χ1n) is 11.0. The maximum Gasteiger partial charge on any atom is 0.309 e. The van der Waals surface area contributed by atoms with Gasteiger partial charge in [-0.15, -0.1) is 0 Å². The molecule has 33 heavy (non-hydrogen) atoms. The third-order valence-corrected chi connectivity index (χ3v) is 7.02. The van der Waals surface area contributed by atoms with Gasteiger partial charge in [0.2, 0.25) is 5.91 Å². The molecule has 6 nitrogen and oxygen atoms in total. The van der Waals surface area contributed by atoms with Crippen molar-refractivity contribution in [3.05, 3.63) is 64.2 Å². The molecule has 2 aromatic carbocycles. The van der Waals surface area contributed by atoms with Gasteiger partial charge in [-0.25, -0.2) is 0 Å². The van der Waals surface area contributed by atoms with Gasteiger partial charge in [0.05, 0.1) is 10.5 Å². The predicted molar refractivity (Wildman–Crippen MR) is 137 cm³/mol. The van der Waals surface area contributed by atoms with Crippen LogP contribution >= 0.6 is 23.4 Å². The van der Waals surface area contributed by atoms with E-state index in [1.807, 2.05) is 51.1 Å². The van der Waals surface area contributed by atoms with Crippen LogP contribution in [0.3, 0.4) is 0 Å². The Bertz CT molecular complexity index is 1160. The van der Waals surface area contributed by atoms with Gasteiger partial charge < -0.3 is 4.90 Å². The first-order valence-corrected chi connectivity index (χ1v) is 12.2. The Balaban J connectivity index is 1.75. The first-order chi connectivity index (χ1) is 15.7. The van der Waals surface area contributed by atoms with Crippen molar-refractivity contribution >= 4 is 51.7 Å². The minimum Gasteiger partial charge on any atom is -0.326 e. The SMILES string of the molecule is CC/N=C(/c1ccc(Cl)cc1)N1CCCc2cc(C3=NN(C(C)=O)C(=O)SC3(C)C)ccc21. The van der Waals surface area contributed by atoms with Crippen molar-refractivity contribution in [1.82, 2.24) is 5.01 Å². The number of rotatable bonds is 3. The highest BCUT2D eigenvalue weighted by Crippen LogP contribution is 2.38. The number of imide groups is 1. The molecule has 0 N–H and O–H groups in total. The van der Waals surface area contributed by atoms with E-state index in [9.17, 15) is 9.59 Å². The van der Waals surface area contributed by atoms with Crippen LogP contribution in [0.25, 0.3) is 0 Å². The summed E-state index contributed by atoms with van der Waals surface area (Å²) < 4.78 is -0.538. The van der Waals surface area contributed by atoms with E-state index in [1.165, 1.54) is 12.5 Å². The number of aliphatic imine (C=N–C) groups is 1. The van der Waals surface area contributed by atoms with Crippen LogP contribution in [0.2, 0.25) is 5.02 Å². The number of hydrogen-bond acceptors (Lipinski definition) is 5. The molecule has 0 fully saturated rings. The monoisotopic (exact) mass is 482 g/mol. The fourth-order valence-corrected chi connectivity index (χ4v) is 5.29. The zero-order chi connectivity index (χ0) is 23.8. The maximum atomic E-state index is 12.3. The molecule has 0 saturated carbocycles. The Morgan fingerprint density at radius 3 is 2.61 bits per heavy atom. The van der Waals surface area contributed by atoms with Gasteiger partial charge in [-0.2, -0.15) is 10.1 Å². The van der Waals surface area contributed by atoms with E-state index in [0.29, 0.717) is 11.6 Å². The molecule has 8 heteroatoms. The normalized spacial score (nSPS) is 18.2. The highest BCUT2D eigenvalue weighted by molar-refractivity contribution is 8.15.